The Morgan fingerprint density at radius 2 is 1.78 bits per heavy atom. The summed E-state index contributed by atoms with van der Waals surface area (Å²) in [6, 6.07) is 15.0. The predicted molar refractivity (Wildman–Crippen MR) is 106 cm³/mol. The topological polar surface area (TPSA) is 114 Å². The Kier molecular flexibility index (Phi) is 5.54. The van der Waals surface area contributed by atoms with Gasteiger partial charge in [-0.05, 0) is 24.6 Å². The summed E-state index contributed by atoms with van der Waals surface area (Å²) in [7, 11) is -3.74. The van der Waals surface area contributed by atoms with Crippen LogP contribution in [0.1, 0.15) is 18.5 Å². The maximum Gasteiger partial charge on any atom is 0.321 e. The van der Waals surface area contributed by atoms with Gasteiger partial charge in [-0.1, -0.05) is 42.5 Å². The number of primary sulfonamides is 1. The number of rotatable bonds is 5. The summed E-state index contributed by atoms with van der Waals surface area (Å²) < 4.78 is 22.6. The van der Waals surface area contributed by atoms with Gasteiger partial charge in [0, 0.05) is 10.9 Å². The SMILES string of the molecule is CC(NC(=O)Nc1nc(-c2ccccc2)cs1)c1ccc(S(N)(=O)=O)cc1. The normalized spacial score (nSPS) is 12.4. The van der Waals surface area contributed by atoms with Gasteiger partial charge in [-0.25, -0.2) is 23.3 Å². The van der Waals surface area contributed by atoms with Crippen molar-refractivity contribution < 1.29 is 13.2 Å². The highest BCUT2D eigenvalue weighted by molar-refractivity contribution is 7.89. The fourth-order valence-electron chi connectivity index (χ4n) is 2.43. The van der Waals surface area contributed by atoms with Gasteiger partial charge in [-0.2, -0.15) is 0 Å². The van der Waals surface area contributed by atoms with Crippen LogP contribution in [0, 0.1) is 0 Å². The molecule has 0 aliphatic rings. The number of sulfonamides is 1. The summed E-state index contributed by atoms with van der Waals surface area (Å²) in [4.78, 5) is 16.6. The van der Waals surface area contributed by atoms with Gasteiger partial charge in [0.2, 0.25) is 10.0 Å². The van der Waals surface area contributed by atoms with Crippen molar-refractivity contribution in [3.05, 3.63) is 65.5 Å². The Hall–Kier alpha value is -2.75. The van der Waals surface area contributed by atoms with Crippen LogP contribution in [0.2, 0.25) is 0 Å². The molecule has 0 saturated carbocycles. The van der Waals surface area contributed by atoms with E-state index in [1.165, 1.54) is 23.5 Å². The first-order chi connectivity index (χ1) is 12.8. The van der Waals surface area contributed by atoms with Crippen LogP contribution >= 0.6 is 11.3 Å². The zero-order valence-corrected chi connectivity index (χ0v) is 16.0. The van der Waals surface area contributed by atoms with Crippen molar-refractivity contribution in [2.24, 2.45) is 5.14 Å². The van der Waals surface area contributed by atoms with Gasteiger partial charge in [0.05, 0.1) is 16.6 Å². The second-order valence-corrected chi connectivity index (χ2v) is 8.26. The largest absolute Gasteiger partial charge is 0.331 e. The molecular formula is C18H18N4O3S2. The van der Waals surface area contributed by atoms with Crippen LogP contribution in [0.15, 0.2) is 64.9 Å². The summed E-state index contributed by atoms with van der Waals surface area (Å²) in [6.07, 6.45) is 0. The van der Waals surface area contributed by atoms with E-state index in [-0.39, 0.29) is 10.9 Å². The molecule has 1 unspecified atom stereocenters. The number of nitrogens with one attached hydrogen (secondary N) is 2. The zero-order chi connectivity index (χ0) is 19.4. The lowest BCUT2D eigenvalue weighted by molar-refractivity contribution is 0.249. The Balaban J connectivity index is 1.61. The molecule has 0 spiro atoms. The van der Waals surface area contributed by atoms with E-state index in [4.69, 9.17) is 5.14 Å². The summed E-state index contributed by atoms with van der Waals surface area (Å²) in [6.45, 7) is 1.79. The first-order valence-corrected chi connectivity index (χ1v) is 10.5. The molecule has 0 aliphatic carbocycles. The highest BCUT2D eigenvalue weighted by Gasteiger charge is 2.13. The van der Waals surface area contributed by atoms with E-state index in [9.17, 15) is 13.2 Å². The fraction of sp³-hybridized carbons (Fsp3) is 0.111. The third-order valence-corrected chi connectivity index (χ3v) is 5.54. The predicted octanol–water partition coefficient (Wildman–Crippen LogP) is 3.34. The second-order valence-electron chi connectivity index (χ2n) is 5.84. The highest BCUT2D eigenvalue weighted by atomic mass is 32.2. The molecule has 27 heavy (non-hydrogen) atoms. The molecule has 2 aromatic carbocycles. The van der Waals surface area contributed by atoms with E-state index in [1.54, 1.807) is 19.1 Å². The molecular weight excluding hydrogens is 384 g/mol. The third kappa shape index (κ3) is 4.91. The summed E-state index contributed by atoms with van der Waals surface area (Å²) in [5.41, 5.74) is 2.52. The van der Waals surface area contributed by atoms with Crippen LogP contribution in [-0.4, -0.2) is 19.4 Å². The minimum atomic E-state index is -3.74. The number of aromatic nitrogens is 1. The molecule has 3 rings (SSSR count). The van der Waals surface area contributed by atoms with Crippen LogP contribution in [0.3, 0.4) is 0 Å². The minimum Gasteiger partial charge on any atom is -0.331 e. The van der Waals surface area contributed by atoms with Gasteiger partial charge in [-0.15, -0.1) is 11.3 Å². The zero-order valence-electron chi connectivity index (χ0n) is 14.4. The van der Waals surface area contributed by atoms with Crippen molar-refractivity contribution in [2.45, 2.75) is 17.9 Å². The smallest absolute Gasteiger partial charge is 0.321 e. The molecule has 1 heterocycles. The van der Waals surface area contributed by atoms with E-state index in [0.717, 1.165) is 16.8 Å². The van der Waals surface area contributed by atoms with Crippen molar-refractivity contribution in [2.75, 3.05) is 5.32 Å². The molecule has 4 N–H and O–H groups in total. The molecule has 1 aromatic heterocycles. The van der Waals surface area contributed by atoms with E-state index in [1.807, 2.05) is 35.7 Å². The number of hydrogen-bond acceptors (Lipinski definition) is 5. The molecule has 0 radical (unpaired) electrons. The molecule has 0 aliphatic heterocycles. The van der Waals surface area contributed by atoms with Gasteiger partial charge in [-0.3, -0.25) is 5.32 Å². The number of anilines is 1. The Labute approximate surface area is 161 Å². The Morgan fingerprint density at radius 1 is 1.11 bits per heavy atom. The van der Waals surface area contributed by atoms with Gasteiger partial charge in [0.15, 0.2) is 5.13 Å². The molecule has 2 amide bonds. The number of nitrogens with zero attached hydrogens (tertiary/aromatic N) is 1. The molecule has 7 nitrogen and oxygen atoms in total. The van der Waals surface area contributed by atoms with Gasteiger partial charge in [0.1, 0.15) is 0 Å². The van der Waals surface area contributed by atoms with Crippen molar-refractivity contribution in [1.82, 2.24) is 10.3 Å². The third-order valence-electron chi connectivity index (χ3n) is 3.85. The van der Waals surface area contributed by atoms with Crippen LogP contribution in [-0.2, 0) is 10.0 Å². The summed E-state index contributed by atoms with van der Waals surface area (Å²) >= 11 is 1.34. The molecule has 0 saturated heterocycles. The number of carbonyl (C=O) groups excluding carboxylic acids is 1. The average molecular weight is 403 g/mol. The molecule has 0 bridgehead atoms. The van der Waals surface area contributed by atoms with Crippen molar-refractivity contribution >= 4 is 32.5 Å². The molecule has 140 valence electrons. The van der Waals surface area contributed by atoms with Gasteiger partial charge < -0.3 is 5.32 Å². The lowest BCUT2D eigenvalue weighted by Crippen LogP contribution is -2.31. The van der Waals surface area contributed by atoms with Gasteiger partial charge >= 0.3 is 6.03 Å². The first-order valence-electron chi connectivity index (χ1n) is 8.04. The van der Waals surface area contributed by atoms with Crippen LogP contribution < -0.4 is 15.8 Å². The second kappa shape index (κ2) is 7.87. The number of thiazole rings is 1. The average Bonchev–Trinajstić information content (AvgIpc) is 3.10. The quantitative estimate of drug-likeness (QED) is 0.607. The van der Waals surface area contributed by atoms with E-state index >= 15 is 0 Å². The first kappa shape index (κ1) is 19.0. The number of carbonyl (C=O) groups is 1. The lowest BCUT2D eigenvalue weighted by atomic mass is 10.1. The Morgan fingerprint density at radius 3 is 2.41 bits per heavy atom. The number of amides is 2. The van der Waals surface area contributed by atoms with E-state index < -0.39 is 16.1 Å². The number of urea groups is 1. The number of benzene rings is 2. The summed E-state index contributed by atoms with van der Waals surface area (Å²) in [5, 5.41) is 12.9. The maximum atomic E-state index is 12.2. The molecule has 0 fully saturated rings. The Bertz CT molecular complexity index is 1030. The van der Waals surface area contributed by atoms with Crippen molar-refractivity contribution in [1.29, 1.82) is 0 Å². The number of nitrogens with two attached hydrogens (primary N) is 1. The fourth-order valence-corrected chi connectivity index (χ4v) is 3.66. The lowest BCUT2D eigenvalue weighted by Gasteiger charge is -2.14. The van der Waals surface area contributed by atoms with Crippen LogP contribution in [0.25, 0.3) is 11.3 Å². The monoisotopic (exact) mass is 402 g/mol. The molecule has 3 aromatic rings. The number of hydrogen-bond donors (Lipinski definition) is 3. The van der Waals surface area contributed by atoms with Crippen molar-refractivity contribution in [3.8, 4) is 11.3 Å². The van der Waals surface area contributed by atoms with Crippen LogP contribution in [0.5, 0.6) is 0 Å². The minimum absolute atomic E-state index is 0.0270. The van der Waals surface area contributed by atoms with Crippen LogP contribution in [0.4, 0.5) is 9.93 Å². The van der Waals surface area contributed by atoms with Crippen molar-refractivity contribution in [3.63, 3.8) is 0 Å². The van der Waals surface area contributed by atoms with E-state index in [2.05, 4.69) is 15.6 Å². The van der Waals surface area contributed by atoms with Gasteiger partial charge in [0.25, 0.3) is 0 Å². The highest BCUT2D eigenvalue weighted by Crippen LogP contribution is 2.24. The maximum absolute atomic E-state index is 12.2. The summed E-state index contributed by atoms with van der Waals surface area (Å²) in [5.74, 6) is 0. The molecule has 9 heteroatoms. The van der Waals surface area contributed by atoms with E-state index in [0.29, 0.717) is 5.13 Å². The molecule has 1 atom stereocenters. The standard InChI is InChI=1S/C18H18N4O3S2/c1-12(13-7-9-15(10-8-13)27(19,24)25)20-17(23)22-18-21-16(11-26-18)14-5-3-2-4-6-14/h2-12H,1H3,(H2,19,24,25)(H2,20,21,22,23).